The summed E-state index contributed by atoms with van der Waals surface area (Å²) in [5.74, 6) is -1.04. The molecule has 0 saturated carbocycles. The summed E-state index contributed by atoms with van der Waals surface area (Å²) in [6.45, 7) is 2.91. The molecule has 3 heterocycles. The molecule has 0 aromatic carbocycles. The van der Waals surface area contributed by atoms with Crippen molar-refractivity contribution in [3.05, 3.63) is 47.9 Å². The summed E-state index contributed by atoms with van der Waals surface area (Å²) < 4.78 is 5.32. The van der Waals surface area contributed by atoms with Crippen molar-refractivity contribution >= 4 is 17.4 Å². The molecule has 7 nitrogen and oxygen atoms in total. The van der Waals surface area contributed by atoms with Gasteiger partial charge in [-0.1, -0.05) is 0 Å². The zero-order valence-corrected chi connectivity index (χ0v) is 13.3. The summed E-state index contributed by atoms with van der Waals surface area (Å²) in [7, 11) is 0. The van der Waals surface area contributed by atoms with Gasteiger partial charge in [-0.3, -0.25) is 14.6 Å². The van der Waals surface area contributed by atoms with E-state index in [4.69, 9.17) is 4.74 Å². The largest absolute Gasteiger partial charge is 0.478 e. The fourth-order valence-electron chi connectivity index (χ4n) is 2.49. The van der Waals surface area contributed by atoms with Crippen LogP contribution in [0.4, 0.5) is 5.69 Å². The maximum absolute atomic E-state index is 12.6. The number of ether oxygens (including phenoxy) is 1. The van der Waals surface area contributed by atoms with E-state index in [-0.39, 0.29) is 23.9 Å². The number of carbonyl (C=O) groups is 2. The van der Waals surface area contributed by atoms with Crippen molar-refractivity contribution in [2.45, 2.75) is 13.5 Å². The number of nitrogens with one attached hydrogen (secondary N) is 2. The van der Waals surface area contributed by atoms with E-state index >= 15 is 0 Å². The van der Waals surface area contributed by atoms with Gasteiger partial charge in [-0.2, -0.15) is 0 Å². The number of ketones is 1. The van der Waals surface area contributed by atoms with Gasteiger partial charge >= 0.3 is 0 Å². The van der Waals surface area contributed by atoms with Crippen molar-refractivity contribution in [3.8, 4) is 5.88 Å². The zero-order valence-electron chi connectivity index (χ0n) is 13.3. The Morgan fingerprint density at radius 3 is 2.88 bits per heavy atom. The Morgan fingerprint density at radius 2 is 2.12 bits per heavy atom. The zero-order chi connectivity index (χ0) is 16.9. The molecule has 1 aliphatic rings. The van der Waals surface area contributed by atoms with Gasteiger partial charge in [0.25, 0.3) is 0 Å². The molecule has 0 fully saturated rings. The predicted molar refractivity (Wildman–Crippen MR) is 87.8 cm³/mol. The van der Waals surface area contributed by atoms with Gasteiger partial charge in [0.1, 0.15) is 11.6 Å². The van der Waals surface area contributed by atoms with E-state index in [9.17, 15) is 9.59 Å². The maximum atomic E-state index is 12.6. The molecular weight excluding hydrogens is 308 g/mol. The normalized spacial score (nSPS) is 16.0. The Kier molecular flexibility index (Phi) is 4.69. The molecule has 24 heavy (non-hydrogen) atoms. The van der Waals surface area contributed by atoms with E-state index in [0.717, 1.165) is 5.56 Å². The van der Waals surface area contributed by atoms with E-state index in [1.54, 1.807) is 24.5 Å². The second kappa shape index (κ2) is 7.08. The number of hydrogen-bond donors (Lipinski definition) is 2. The molecule has 0 aliphatic carbocycles. The minimum Gasteiger partial charge on any atom is -0.478 e. The monoisotopic (exact) mass is 326 g/mol. The minimum atomic E-state index is -0.802. The first kappa shape index (κ1) is 15.9. The molecule has 1 atom stereocenters. The van der Waals surface area contributed by atoms with Crippen LogP contribution in [-0.4, -0.2) is 34.8 Å². The second-order valence-corrected chi connectivity index (χ2v) is 5.35. The molecule has 1 unspecified atom stereocenters. The highest BCUT2D eigenvalue weighted by Crippen LogP contribution is 2.25. The highest BCUT2D eigenvalue weighted by atomic mass is 16.5. The van der Waals surface area contributed by atoms with E-state index < -0.39 is 5.92 Å². The number of anilines is 1. The molecule has 3 rings (SSSR count). The molecule has 2 aromatic rings. The lowest BCUT2D eigenvalue weighted by atomic mass is 9.95. The first-order valence-corrected chi connectivity index (χ1v) is 7.77. The van der Waals surface area contributed by atoms with E-state index in [0.29, 0.717) is 24.7 Å². The standard InChI is InChI=1S/C17H18N4O3/c1-2-24-14-4-3-13-15(21-14)16(22)12(10-19-13)17(23)20-9-11-5-7-18-8-6-11/h3-8,12,19H,2,9-10H2,1H3,(H,20,23). The van der Waals surface area contributed by atoms with E-state index in [1.165, 1.54) is 0 Å². The van der Waals surface area contributed by atoms with Crippen LogP contribution in [0.25, 0.3) is 0 Å². The van der Waals surface area contributed by atoms with Gasteiger partial charge in [0.15, 0.2) is 5.78 Å². The molecule has 0 radical (unpaired) electrons. The third kappa shape index (κ3) is 3.34. The van der Waals surface area contributed by atoms with Gasteiger partial charge in [0, 0.05) is 31.5 Å². The maximum Gasteiger partial charge on any atom is 0.233 e. The van der Waals surface area contributed by atoms with Gasteiger partial charge in [0.05, 0.1) is 12.3 Å². The summed E-state index contributed by atoms with van der Waals surface area (Å²) >= 11 is 0. The Balaban J connectivity index is 1.70. The van der Waals surface area contributed by atoms with Crippen LogP contribution in [0.1, 0.15) is 23.0 Å². The average molecular weight is 326 g/mol. The summed E-state index contributed by atoms with van der Waals surface area (Å²) in [5, 5.41) is 5.86. The number of nitrogens with zero attached hydrogens (tertiary/aromatic N) is 2. The third-order valence-corrected chi connectivity index (χ3v) is 3.74. The number of fused-ring (bicyclic) bond motifs is 1. The Morgan fingerprint density at radius 1 is 1.33 bits per heavy atom. The van der Waals surface area contributed by atoms with Crippen LogP contribution in [0.3, 0.4) is 0 Å². The summed E-state index contributed by atoms with van der Waals surface area (Å²) in [5.41, 5.74) is 1.80. The summed E-state index contributed by atoms with van der Waals surface area (Å²) in [6.07, 6.45) is 3.31. The van der Waals surface area contributed by atoms with E-state index in [1.807, 2.05) is 19.1 Å². The van der Waals surface area contributed by atoms with Crippen LogP contribution >= 0.6 is 0 Å². The number of aromatic nitrogens is 2. The van der Waals surface area contributed by atoms with Gasteiger partial charge < -0.3 is 15.4 Å². The summed E-state index contributed by atoms with van der Waals surface area (Å²) in [4.78, 5) is 33.1. The lowest BCUT2D eigenvalue weighted by molar-refractivity contribution is -0.123. The first-order valence-electron chi connectivity index (χ1n) is 7.77. The number of Topliss-reactive ketones (excluding diaryl/α,β-unsaturated/α-hetero) is 1. The topological polar surface area (TPSA) is 93.2 Å². The third-order valence-electron chi connectivity index (χ3n) is 3.74. The van der Waals surface area contributed by atoms with Crippen molar-refractivity contribution in [2.24, 2.45) is 5.92 Å². The second-order valence-electron chi connectivity index (χ2n) is 5.35. The first-order chi connectivity index (χ1) is 11.7. The van der Waals surface area contributed by atoms with Crippen molar-refractivity contribution in [1.29, 1.82) is 0 Å². The number of carbonyl (C=O) groups excluding carboxylic acids is 2. The molecule has 0 bridgehead atoms. The average Bonchev–Trinajstić information content (AvgIpc) is 2.61. The fourth-order valence-corrected chi connectivity index (χ4v) is 2.49. The quantitative estimate of drug-likeness (QED) is 0.807. The van der Waals surface area contributed by atoms with Crippen molar-refractivity contribution < 1.29 is 14.3 Å². The van der Waals surface area contributed by atoms with Crippen molar-refractivity contribution in [3.63, 3.8) is 0 Å². The number of pyridine rings is 2. The van der Waals surface area contributed by atoms with Crippen LogP contribution in [0.5, 0.6) is 5.88 Å². The molecule has 0 spiro atoms. The van der Waals surface area contributed by atoms with E-state index in [2.05, 4.69) is 20.6 Å². The molecule has 124 valence electrons. The number of amides is 1. The molecular formula is C17H18N4O3. The molecule has 1 amide bonds. The minimum absolute atomic E-state index is 0.247. The highest BCUT2D eigenvalue weighted by Gasteiger charge is 2.34. The molecule has 2 N–H and O–H groups in total. The van der Waals surface area contributed by atoms with Crippen LogP contribution < -0.4 is 15.4 Å². The molecule has 1 aliphatic heterocycles. The Hall–Kier alpha value is -2.96. The van der Waals surface area contributed by atoms with Crippen molar-refractivity contribution in [1.82, 2.24) is 15.3 Å². The van der Waals surface area contributed by atoms with Gasteiger partial charge in [-0.25, -0.2) is 4.98 Å². The van der Waals surface area contributed by atoms with Crippen LogP contribution in [0.15, 0.2) is 36.7 Å². The van der Waals surface area contributed by atoms with Gasteiger partial charge in [-0.05, 0) is 30.7 Å². The molecule has 0 saturated heterocycles. The SMILES string of the molecule is CCOc1ccc2c(n1)C(=O)C(C(=O)NCc1ccncc1)CN2. The number of hydrogen-bond acceptors (Lipinski definition) is 6. The lowest BCUT2D eigenvalue weighted by Crippen LogP contribution is -2.42. The smallest absolute Gasteiger partial charge is 0.233 e. The molecule has 2 aromatic heterocycles. The molecule has 7 heteroatoms. The number of rotatable bonds is 5. The van der Waals surface area contributed by atoms with Crippen LogP contribution in [-0.2, 0) is 11.3 Å². The highest BCUT2D eigenvalue weighted by molar-refractivity contribution is 6.13. The van der Waals surface area contributed by atoms with Crippen molar-refractivity contribution in [2.75, 3.05) is 18.5 Å². The fraction of sp³-hybridized carbons (Fsp3) is 0.294. The lowest BCUT2D eigenvalue weighted by Gasteiger charge is -2.23. The summed E-state index contributed by atoms with van der Waals surface area (Å²) in [6, 6.07) is 7.07. The van der Waals surface area contributed by atoms with Crippen LogP contribution in [0.2, 0.25) is 0 Å². The van der Waals surface area contributed by atoms with Crippen LogP contribution in [0, 0.1) is 5.92 Å². The Labute approximate surface area is 139 Å². The van der Waals surface area contributed by atoms with Gasteiger partial charge in [-0.15, -0.1) is 0 Å². The Bertz CT molecular complexity index is 749. The predicted octanol–water partition coefficient (Wildman–Crippen LogP) is 1.42. The van der Waals surface area contributed by atoms with Gasteiger partial charge in [0.2, 0.25) is 11.8 Å².